The Balaban J connectivity index is 1.76. The Morgan fingerprint density at radius 1 is 1.32 bits per heavy atom. The van der Waals surface area contributed by atoms with Gasteiger partial charge in [0.05, 0.1) is 16.3 Å². The van der Waals surface area contributed by atoms with E-state index in [2.05, 4.69) is 18.9 Å². The summed E-state index contributed by atoms with van der Waals surface area (Å²) in [6.45, 7) is 6.06. The number of hydrogen-bond acceptors (Lipinski definition) is 3. The summed E-state index contributed by atoms with van der Waals surface area (Å²) in [5.74, 6) is -0.174. The standard InChI is InChI=1S/C19H20FN3OS/c1-11(2)22(14-8-9-14)18(24)17-10-16-12(3)21-23(19(16)25-17)15-6-4-13(20)5-7-15/h4-7,10-11,14H,8-9H2,1-3H3. The third kappa shape index (κ3) is 2.84. The van der Waals surface area contributed by atoms with Crippen LogP contribution in [0.4, 0.5) is 4.39 Å². The SMILES string of the molecule is Cc1nn(-c2ccc(F)cc2)c2sc(C(=O)N(C(C)C)C3CC3)cc12. The summed E-state index contributed by atoms with van der Waals surface area (Å²) in [7, 11) is 0. The minimum Gasteiger partial charge on any atom is -0.333 e. The second kappa shape index (κ2) is 5.95. The number of benzene rings is 1. The molecule has 1 aromatic carbocycles. The van der Waals surface area contributed by atoms with Gasteiger partial charge in [0.25, 0.3) is 5.91 Å². The Bertz CT molecular complexity index is 936. The van der Waals surface area contributed by atoms with Crippen molar-refractivity contribution in [2.24, 2.45) is 0 Å². The van der Waals surface area contributed by atoms with Gasteiger partial charge < -0.3 is 4.90 Å². The van der Waals surface area contributed by atoms with Crippen LogP contribution in [-0.2, 0) is 0 Å². The van der Waals surface area contributed by atoms with E-state index >= 15 is 0 Å². The molecular formula is C19H20FN3OS. The summed E-state index contributed by atoms with van der Waals surface area (Å²) in [5, 5.41) is 5.54. The van der Waals surface area contributed by atoms with E-state index in [1.807, 2.05) is 17.9 Å². The highest BCUT2D eigenvalue weighted by atomic mass is 32.1. The van der Waals surface area contributed by atoms with Gasteiger partial charge in [0.2, 0.25) is 0 Å². The van der Waals surface area contributed by atoms with Crippen molar-refractivity contribution in [3.63, 3.8) is 0 Å². The lowest BCUT2D eigenvalue weighted by Gasteiger charge is -2.26. The molecule has 6 heteroatoms. The van der Waals surface area contributed by atoms with Crippen LogP contribution in [0, 0.1) is 12.7 Å². The molecule has 1 saturated carbocycles. The maximum absolute atomic E-state index is 13.2. The van der Waals surface area contributed by atoms with Gasteiger partial charge in [-0.1, -0.05) is 0 Å². The first-order valence-corrected chi connectivity index (χ1v) is 9.35. The van der Waals surface area contributed by atoms with E-state index in [1.54, 1.807) is 16.8 Å². The van der Waals surface area contributed by atoms with Crippen LogP contribution in [0.15, 0.2) is 30.3 Å². The second-order valence-electron chi connectivity index (χ2n) is 6.84. The molecule has 25 heavy (non-hydrogen) atoms. The van der Waals surface area contributed by atoms with Crippen molar-refractivity contribution in [2.75, 3.05) is 0 Å². The number of nitrogens with zero attached hydrogens (tertiary/aromatic N) is 3. The van der Waals surface area contributed by atoms with Gasteiger partial charge in [-0.15, -0.1) is 11.3 Å². The van der Waals surface area contributed by atoms with Crippen molar-refractivity contribution >= 4 is 27.5 Å². The number of carbonyl (C=O) groups excluding carboxylic acids is 1. The van der Waals surface area contributed by atoms with Gasteiger partial charge in [-0.05, 0) is 63.9 Å². The van der Waals surface area contributed by atoms with Crippen LogP contribution in [0.5, 0.6) is 0 Å². The molecule has 0 unspecified atom stereocenters. The molecule has 0 saturated heterocycles. The summed E-state index contributed by atoms with van der Waals surface area (Å²) in [5.41, 5.74) is 1.67. The van der Waals surface area contributed by atoms with Crippen LogP contribution in [0.2, 0.25) is 0 Å². The predicted octanol–water partition coefficient (Wildman–Crippen LogP) is 4.55. The van der Waals surface area contributed by atoms with Crippen molar-refractivity contribution in [3.8, 4) is 5.69 Å². The molecule has 0 aliphatic heterocycles. The maximum Gasteiger partial charge on any atom is 0.264 e. The fourth-order valence-electron chi connectivity index (χ4n) is 3.21. The van der Waals surface area contributed by atoms with E-state index < -0.39 is 0 Å². The Morgan fingerprint density at radius 3 is 2.60 bits per heavy atom. The average Bonchev–Trinajstić information content (AvgIpc) is 3.20. The van der Waals surface area contributed by atoms with E-state index in [4.69, 9.17) is 0 Å². The van der Waals surface area contributed by atoms with Gasteiger partial charge in [0, 0.05) is 17.5 Å². The summed E-state index contributed by atoms with van der Waals surface area (Å²) >= 11 is 1.46. The number of halogens is 1. The number of aryl methyl sites for hydroxylation is 1. The van der Waals surface area contributed by atoms with Gasteiger partial charge in [-0.3, -0.25) is 4.79 Å². The zero-order chi connectivity index (χ0) is 17.7. The van der Waals surface area contributed by atoms with Crippen molar-refractivity contribution in [3.05, 3.63) is 46.7 Å². The number of hydrogen-bond donors (Lipinski definition) is 0. The molecule has 2 heterocycles. The molecule has 1 aliphatic carbocycles. The van der Waals surface area contributed by atoms with Crippen LogP contribution in [0.25, 0.3) is 15.9 Å². The summed E-state index contributed by atoms with van der Waals surface area (Å²) in [6, 6.07) is 8.77. The van der Waals surface area contributed by atoms with Gasteiger partial charge >= 0.3 is 0 Å². The minimum absolute atomic E-state index is 0.101. The normalized spacial score (nSPS) is 14.4. The molecule has 2 aromatic heterocycles. The number of aromatic nitrogens is 2. The average molecular weight is 357 g/mol. The molecule has 0 bridgehead atoms. The molecule has 130 valence electrons. The Hall–Kier alpha value is -2.21. The Labute approximate surface area is 149 Å². The fourth-order valence-corrected chi connectivity index (χ4v) is 4.34. The highest BCUT2D eigenvalue weighted by Gasteiger charge is 2.35. The highest BCUT2D eigenvalue weighted by molar-refractivity contribution is 7.20. The van der Waals surface area contributed by atoms with E-state index in [1.165, 1.54) is 23.5 Å². The van der Waals surface area contributed by atoms with Gasteiger partial charge in [-0.25, -0.2) is 9.07 Å². The summed E-state index contributed by atoms with van der Waals surface area (Å²) in [6.07, 6.45) is 2.19. The topological polar surface area (TPSA) is 38.1 Å². The predicted molar refractivity (Wildman–Crippen MR) is 98.0 cm³/mol. The molecule has 0 spiro atoms. The second-order valence-corrected chi connectivity index (χ2v) is 7.87. The lowest BCUT2D eigenvalue weighted by atomic mass is 10.2. The van der Waals surface area contributed by atoms with E-state index in [0.717, 1.165) is 39.3 Å². The van der Waals surface area contributed by atoms with Crippen LogP contribution < -0.4 is 0 Å². The zero-order valence-corrected chi connectivity index (χ0v) is 15.3. The molecule has 0 atom stereocenters. The smallest absolute Gasteiger partial charge is 0.264 e. The molecule has 0 N–H and O–H groups in total. The largest absolute Gasteiger partial charge is 0.333 e. The maximum atomic E-state index is 13.2. The quantitative estimate of drug-likeness (QED) is 0.687. The molecule has 4 rings (SSSR count). The van der Waals surface area contributed by atoms with Crippen LogP contribution in [0.3, 0.4) is 0 Å². The molecule has 1 aliphatic rings. The fraction of sp³-hybridized carbons (Fsp3) is 0.368. The molecule has 1 amide bonds. The third-order valence-electron chi connectivity index (χ3n) is 4.56. The van der Waals surface area contributed by atoms with Crippen molar-refractivity contribution in [2.45, 2.75) is 45.7 Å². The monoisotopic (exact) mass is 357 g/mol. The van der Waals surface area contributed by atoms with E-state index in [0.29, 0.717) is 6.04 Å². The number of thiophene rings is 1. The number of fused-ring (bicyclic) bond motifs is 1. The summed E-state index contributed by atoms with van der Waals surface area (Å²) in [4.78, 5) is 16.7. The van der Waals surface area contributed by atoms with Crippen molar-refractivity contribution in [1.82, 2.24) is 14.7 Å². The first kappa shape index (κ1) is 16.3. The molecule has 1 fully saturated rings. The first-order chi connectivity index (χ1) is 12.0. The Kier molecular flexibility index (Phi) is 3.87. The molecule has 3 aromatic rings. The van der Waals surface area contributed by atoms with Crippen LogP contribution >= 0.6 is 11.3 Å². The lowest BCUT2D eigenvalue weighted by molar-refractivity contribution is 0.0695. The van der Waals surface area contributed by atoms with Gasteiger partial charge in [0.15, 0.2) is 0 Å². The zero-order valence-electron chi connectivity index (χ0n) is 14.5. The van der Waals surface area contributed by atoms with Gasteiger partial charge in [0.1, 0.15) is 10.6 Å². The number of rotatable bonds is 4. The minimum atomic E-state index is -0.275. The Morgan fingerprint density at radius 2 is 2.00 bits per heavy atom. The first-order valence-electron chi connectivity index (χ1n) is 8.53. The lowest BCUT2D eigenvalue weighted by Crippen LogP contribution is -2.38. The van der Waals surface area contributed by atoms with Crippen molar-refractivity contribution in [1.29, 1.82) is 0 Å². The van der Waals surface area contributed by atoms with Crippen molar-refractivity contribution < 1.29 is 9.18 Å². The number of carbonyl (C=O) groups is 1. The molecular weight excluding hydrogens is 337 g/mol. The van der Waals surface area contributed by atoms with E-state index in [-0.39, 0.29) is 17.8 Å². The van der Waals surface area contributed by atoms with Crippen LogP contribution in [0.1, 0.15) is 42.1 Å². The number of amides is 1. The highest BCUT2D eigenvalue weighted by Crippen LogP contribution is 2.35. The summed E-state index contributed by atoms with van der Waals surface area (Å²) < 4.78 is 15.0. The van der Waals surface area contributed by atoms with E-state index in [9.17, 15) is 9.18 Å². The molecule has 0 radical (unpaired) electrons. The third-order valence-corrected chi connectivity index (χ3v) is 5.66. The molecule has 4 nitrogen and oxygen atoms in total. The van der Waals surface area contributed by atoms with Crippen LogP contribution in [-0.4, -0.2) is 32.7 Å². The van der Waals surface area contributed by atoms with Gasteiger partial charge in [-0.2, -0.15) is 5.10 Å².